The lowest BCUT2D eigenvalue weighted by Gasteiger charge is -2.25. The fraction of sp³-hybridized carbons (Fsp3) is 0.556. The molecule has 1 aliphatic carbocycles. The largest absolute Gasteiger partial charge is 0.497 e. The zero-order chi connectivity index (χ0) is 16.5. The van der Waals surface area contributed by atoms with E-state index in [4.69, 9.17) is 14.0 Å². The molecule has 6 heteroatoms. The minimum absolute atomic E-state index is 0.308. The van der Waals surface area contributed by atoms with Crippen molar-refractivity contribution in [3.05, 3.63) is 35.5 Å². The number of rotatable bonds is 6. The normalized spacial score (nSPS) is 21.2. The predicted octanol–water partition coefficient (Wildman–Crippen LogP) is 3.30. The van der Waals surface area contributed by atoms with Crippen LogP contribution in [0, 0.1) is 0 Å². The van der Waals surface area contributed by atoms with Crippen molar-refractivity contribution in [1.29, 1.82) is 0 Å². The van der Waals surface area contributed by atoms with Gasteiger partial charge in [-0.15, -0.1) is 0 Å². The molecule has 0 radical (unpaired) electrons. The molecular weight excluding hydrogens is 306 g/mol. The van der Waals surface area contributed by atoms with Crippen LogP contribution in [-0.2, 0) is 6.54 Å². The van der Waals surface area contributed by atoms with E-state index in [1.54, 1.807) is 14.2 Å². The van der Waals surface area contributed by atoms with Gasteiger partial charge in [-0.3, -0.25) is 4.90 Å². The zero-order valence-corrected chi connectivity index (χ0v) is 14.2. The van der Waals surface area contributed by atoms with Gasteiger partial charge in [0.1, 0.15) is 11.5 Å². The molecule has 1 aromatic carbocycles. The van der Waals surface area contributed by atoms with E-state index in [-0.39, 0.29) is 0 Å². The van der Waals surface area contributed by atoms with Crippen molar-refractivity contribution in [3.63, 3.8) is 0 Å². The molecule has 1 aliphatic heterocycles. The van der Waals surface area contributed by atoms with Gasteiger partial charge in [-0.05, 0) is 38.3 Å². The summed E-state index contributed by atoms with van der Waals surface area (Å²) in [4.78, 5) is 6.96. The Balaban J connectivity index is 1.53. The zero-order valence-electron chi connectivity index (χ0n) is 14.2. The number of ether oxygens (including phenoxy) is 2. The Morgan fingerprint density at radius 2 is 2.08 bits per heavy atom. The number of benzene rings is 1. The van der Waals surface area contributed by atoms with Gasteiger partial charge in [-0.1, -0.05) is 11.2 Å². The highest BCUT2D eigenvalue weighted by molar-refractivity contribution is 5.42. The van der Waals surface area contributed by atoms with Crippen LogP contribution in [0.5, 0.6) is 11.5 Å². The van der Waals surface area contributed by atoms with Gasteiger partial charge < -0.3 is 14.0 Å². The predicted molar refractivity (Wildman–Crippen MR) is 88.2 cm³/mol. The standard InChI is InChI=1S/C18H23N3O3/c1-22-13-7-8-14(16(10-13)23-2)15-4-3-9-21(15)11-17-19-18(20-24-17)12-5-6-12/h7-8,10,12,15H,3-6,9,11H2,1-2H3. The van der Waals surface area contributed by atoms with Crippen molar-refractivity contribution in [2.45, 2.75) is 44.2 Å². The number of likely N-dealkylation sites (tertiary alicyclic amines) is 1. The number of hydrogen-bond donors (Lipinski definition) is 0. The van der Waals surface area contributed by atoms with E-state index in [1.165, 1.54) is 18.4 Å². The highest BCUT2D eigenvalue weighted by Gasteiger charge is 2.32. The maximum absolute atomic E-state index is 5.58. The maximum atomic E-state index is 5.58. The van der Waals surface area contributed by atoms with Crippen LogP contribution in [0.15, 0.2) is 22.7 Å². The van der Waals surface area contributed by atoms with Crippen molar-refractivity contribution in [3.8, 4) is 11.5 Å². The molecule has 1 saturated carbocycles. The summed E-state index contributed by atoms with van der Waals surface area (Å²) < 4.78 is 16.3. The minimum Gasteiger partial charge on any atom is -0.497 e. The van der Waals surface area contributed by atoms with Gasteiger partial charge in [0, 0.05) is 23.6 Å². The molecule has 1 aromatic heterocycles. The number of nitrogens with zero attached hydrogens (tertiary/aromatic N) is 3. The van der Waals surface area contributed by atoms with Gasteiger partial charge in [-0.25, -0.2) is 0 Å². The molecule has 1 saturated heterocycles. The topological polar surface area (TPSA) is 60.6 Å². The Kier molecular flexibility index (Phi) is 4.14. The monoisotopic (exact) mass is 329 g/mol. The SMILES string of the molecule is COc1ccc(C2CCCN2Cc2nc(C3CC3)no2)c(OC)c1. The third-order valence-corrected chi connectivity index (χ3v) is 4.93. The van der Waals surface area contributed by atoms with E-state index in [0.717, 1.165) is 42.6 Å². The lowest BCUT2D eigenvalue weighted by atomic mass is 10.0. The minimum atomic E-state index is 0.308. The molecule has 6 nitrogen and oxygen atoms in total. The molecule has 1 atom stereocenters. The lowest BCUT2D eigenvalue weighted by molar-refractivity contribution is 0.209. The summed E-state index contributed by atoms with van der Waals surface area (Å²) in [6, 6.07) is 6.35. The van der Waals surface area contributed by atoms with Crippen LogP contribution in [-0.4, -0.2) is 35.8 Å². The van der Waals surface area contributed by atoms with Gasteiger partial charge in [0.15, 0.2) is 5.82 Å². The Morgan fingerprint density at radius 1 is 1.21 bits per heavy atom. The third-order valence-electron chi connectivity index (χ3n) is 4.93. The first-order chi connectivity index (χ1) is 11.8. The molecule has 24 heavy (non-hydrogen) atoms. The van der Waals surface area contributed by atoms with E-state index in [0.29, 0.717) is 18.5 Å². The second kappa shape index (κ2) is 6.43. The van der Waals surface area contributed by atoms with Crippen LogP contribution in [0.25, 0.3) is 0 Å². The summed E-state index contributed by atoms with van der Waals surface area (Å²) in [7, 11) is 3.38. The first-order valence-corrected chi connectivity index (χ1v) is 8.57. The molecule has 128 valence electrons. The molecule has 2 aromatic rings. The smallest absolute Gasteiger partial charge is 0.240 e. The third kappa shape index (κ3) is 2.98. The molecule has 2 aliphatic rings. The Morgan fingerprint density at radius 3 is 2.83 bits per heavy atom. The van der Waals surface area contributed by atoms with Gasteiger partial charge in [0.2, 0.25) is 5.89 Å². The van der Waals surface area contributed by atoms with Crippen molar-refractivity contribution in [1.82, 2.24) is 15.0 Å². The van der Waals surface area contributed by atoms with Crippen molar-refractivity contribution >= 4 is 0 Å². The van der Waals surface area contributed by atoms with Gasteiger partial charge in [0.25, 0.3) is 0 Å². The van der Waals surface area contributed by atoms with Crippen molar-refractivity contribution < 1.29 is 14.0 Å². The Labute approximate surface area is 141 Å². The molecule has 0 bridgehead atoms. The molecule has 2 heterocycles. The first-order valence-electron chi connectivity index (χ1n) is 8.57. The maximum Gasteiger partial charge on any atom is 0.240 e. The highest BCUT2D eigenvalue weighted by Crippen LogP contribution is 2.40. The lowest BCUT2D eigenvalue weighted by Crippen LogP contribution is -2.23. The number of hydrogen-bond acceptors (Lipinski definition) is 6. The van der Waals surface area contributed by atoms with E-state index in [9.17, 15) is 0 Å². The van der Waals surface area contributed by atoms with Crippen LogP contribution in [0.2, 0.25) is 0 Å². The van der Waals surface area contributed by atoms with Crippen LogP contribution in [0.4, 0.5) is 0 Å². The summed E-state index contributed by atoms with van der Waals surface area (Å²) in [5.74, 6) is 3.80. The molecule has 0 N–H and O–H groups in total. The molecule has 0 amide bonds. The van der Waals surface area contributed by atoms with Crippen LogP contribution in [0.3, 0.4) is 0 Å². The summed E-state index contributed by atoms with van der Waals surface area (Å²) in [6.07, 6.45) is 4.64. The average Bonchev–Trinajstić information content (AvgIpc) is 3.19. The molecule has 1 unspecified atom stereocenters. The van der Waals surface area contributed by atoms with Gasteiger partial charge in [-0.2, -0.15) is 4.98 Å². The van der Waals surface area contributed by atoms with Crippen LogP contribution >= 0.6 is 0 Å². The van der Waals surface area contributed by atoms with Gasteiger partial charge in [0.05, 0.1) is 20.8 Å². The fourth-order valence-electron chi connectivity index (χ4n) is 3.47. The molecule has 4 rings (SSSR count). The second-order valence-electron chi connectivity index (χ2n) is 6.56. The molecule has 2 fully saturated rings. The van der Waals surface area contributed by atoms with E-state index >= 15 is 0 Å². The second-order valence-corrected chi connectivity index (χ2v) is 6.56. The molecular formula is C18H23N3O3. The summed E-state index contributed by atoms with van der Waals surface area (Å²) in [5, 5.41) is 4.12. The quantitative estimate of drug-likeness (QED) is 0.810. The van der Waals surface area contributed by atoms with Crippen LogP contribution in [0.1, 0.15) is 54.9 Å². The summed E-state index contributed by atoms with van der Waals surface area (Å²) in [5.41, 5.74) is 1.19. The van der Waals surface area contributed by atoms with E-state index < -0.39 is 0 Å². The highest BCUT2D eigenvalue weighted by atomic mass is 16.5. The summed E-state index contributed by atoms with van der Waals surface area (Å²) in [6.45, 7) is 1.72. The molecule has 0 spiro atoms. The number of methoxy groups -OCH3 is 2. The first kappa shape index (κ1) is 15.4. The van der Waals surface area contributed by atoms with E-state index in [1.807, 2.05) is 12.1 Å². The van der Waals surface area contributed by atoms with Gasteiger partial charge >= 0.3 is 0 Å². The average molecular weight is 329 g/mol. The van der Waals surface area contributed by atoms with Crippen LogP contribution < -0.4 is 9.47 Å². The number of aromatic nitrogens is 2. The van der Waals surface area contributed by atoms with Crippen molar-refractivity contribution in [2.24, 2.45) is 0 Å². The Hall–Kier alpha value is -2.08. The van der Waals surface area contributed by atoms with Crippen molar-refractivity contribution in [2.75, 3.05) is 20.8 Å². The van der Waals surface area contributed by atoms with E-state index in [2.05, 4.69) is 21.1 Å². The Bertz CT molecular complexity index is 711. The fourth-order valence-corrected chi connectivity index (χ4v) is 3.47. The summed E-state index contributed by atoms with van der Waals surface area (Å²) >= 11 is 0.